The highest BCUT2D eigenvalue weighted by Crippen LogP contribution is 2.61. The number of rotatable bonds is 5. The molecule has 7 rings (SSSR count). The zero-order valence-electron chi connectivity index (χ0n) is 19.4. The summed E-state index contributed by atoms with van der Waals surface area (Å²) in [6, 6.07) is 23.5. The first-order valence-electron chi connectivity index (χ1n) is 12.2. The molecule has 0 spiro atoms. The Kier molecular flexibility index (Phi) is 4.80. The fourth-order valence-corrected chi connectivity index (χ4v) is 6.29. The summed E-state index contributed by atoms with van der Waals surface area (Å²) < 4.78 is 0. The molecule has 0 N–H and O–H groups in total. The second-order valence-electron chi connectivity index (χ2n) is 10.2. The summed E-state index contributed by atoms with van der Waals surface area (Å²) in [5.41, 5.74) is 5.85. The lowest BCUT2D eigenvalue weighted by molar-refractivity contribution is -0.122. The van der Waals surface area contributed by atoms with Crippen molar-refractivity contribution >= 4 is 23.3 Å². The third-order valence-electron chi connectivity index (χ3n) is 7.84. The number of imide groups is 1. The summed E-state index contributed by atoms with van der Waals surface area (Å²) in [5.74, 6) is -0.710. The Morgan fingerprint density at radius 3 is 1.59 bits per heavy atom. The summed E-state index contributed by atoms with van der Waals surface area (Å²) >= 11 is 0. The van der Waals surface area contributed by atoms with Crippen LogP contribution in [0.25, 0.3) is 0 Å². The maximum Gasteiger partial charge on any atom is 0.238 e. The van der Waals surface area contributed by atoms with Crippen LogP contribution in [0.3, 0.4) is 0 Å². The molecule has 1 aliphatic heterocycles. The van der Waals surface area contributed by atoms with Crippen LogP contribution in [0.15, 0.2) is 72.8 Å². The lowest BCUT2D eigenvalue weighted by Crippen LogP contribution is -2.41. The molecule has 170 valence electrons. The van der Waals surface area contributed by atoms with E-state index in [0.29, 0.717) is 23.6 Å². The van der Waals surface area contributed by atoms with E-state index in [9.17, 15) is 14.4 Å². The van der Waals surface area contributed by atoms with Crippen LogP contribution in [0, 0.1) is 17.8 Å². The number of carbonyl (C=O) groups excluding carboxylic acids is 3. The number of Topliss-reactive ketones (excluding diaryl/α,β-unsaturated/α-hetero) is 1. The van der Waals surface area contributed by atoms with Crippen LogP contribution in [-0.4, -0.2) is 17.6 Å². The minimum Gasteiger partial charge on any atom is -0.294 e. The van der Waals surface area contributed by atoms with Crippen molar-refractivity contribution in [3.63, 3.8) is 0 Å². The van der Waals surface area contributed by atoms with E-state index in [1.165, 1.54) is 27.2 Å². The van der Waals surface area contributed by atoms with Gasteiger partial charge in [-0.1, -0.05) is 62.4 Å². The number of hydrogen-bond acceptors (Lipinski definition) is 3. The molecule has 4 aliphatic rings. The van der Waals surface area contributed by atoms with E-state index in [1.54, 1.807) is 24.3 Å². The topological polar surface area (TPSA) is 54.5 Å². The van der Waals surface area contributed by atoms with E-state index in [0.717, 1.165) is 6.42 Å². The van der Waals surface area contributed by atoms with Gasteiger partial charge in [0.2, 0.25) is 11.8 Å². The molecule has 1 saturated heterocycles. The molecule has 0 radical (unpaired) electrons. The average Bonchev–Trinajstić information content (AvgIpc) is 3.13. The summed E-state index contributed by atoms with van der Waals surface area (Å²) in [7, 11) is 0. The molecule has 3 aromatic carbocycles. The highest BCUT2D eigenvalue weighted by Gasteiger charge is 2.61. The first-order chi connectivity index (χ1) is 16.5. The van der Waals surface area contributed by atoms with Crippen molar-refractivity contribution in [3.8, 4) is 0 Å². The van der Waals surface area contributed by atoms with Gasteiger partial charge in [-0.25, -0.2) is 4.90 Å². The standard InChI is InChI=1S/C30H27NO3/c1-17(2)11-16-24(32)18-12-14-19(15-13-18)31-29(33)27-25-20-7-3-4-8-21(20)26(28(27)30(31)34)23-10-6-5-9-22(23)25/h3-10,12-15,17,25-28H,11,16H2,1-2H3/t25?,26?,27-,28-/m0/s1. The molecule has 0 unspecified atom stereocenters. The van der Waals surface area contributed by atoms with E-state index in [4.69, 9.17) is 0 Å². The lowest BCUT2D eigenvalue weighted by atomic mass is 9.55. The van der Waals surface area contributed by atoms with Crippen molar-refractivity contribution < 1.29 is 14.4 Å². The predicted octanol–water partition coefficient (Wildman–Crippen LogP) is 5.70. The molecule has 2 atom stereocenters. The van der Waals surface area contributed by atoms with E-state index < -0.39 is 11.8 Å². The van der Waals surface area contributed by atoms with Gasteiger partial charge >= 0.3 is 0 Å². The first-order valence-corrected chi connectivity index (χ1v) is 12.2. The van der Waals surface area contributed by atoms with Gasteiger partial charge in [-0.05, 0) is 58.9 Å². The third-order valence-corrected chi connectivity index (χ3v) is 7.84. The summed E-state index contributed by atoms with van der Waals surface area (Å²) in [6.45, 7) is 4.20. The number of benzene rings is 3. The van der Waals surface area contributed by atoms with Crippen LogP contribution in [0.1, 0.15) is 71.1 Å². The van der Waals surface area contributed by atoms with Gasteiger partial charge in [0, 0.05) is 23.8 Å². The SMILES string of the molecule is CC(C)CCC(=O)c1ccc(N2C(=O)[C@H]3C4c5ccccc5C(c5ccccc54)[C@@H]3C2=O)cc1. The molecule has 0 aromatic heterocycles. The van der Waals surface area contributed by atoms with Crippen LogP contribution in [0.4, 0.5) is 5.69 Å². The van der Waals surface area contributed by atoms with E-state index in [2.05, 4.69) is 38.1 Å². The molecule has 4 nitrogen and oxygen atoms in total. The molecule has 1 heterocycles. The van der Waals surface area contributed by atoms with Crippen LogP contribution < -0.4 is 4.90 Å². The molecule has 2 amide bonds. The zero-order valence-corrected chi connectivity index (χ0v) is 19.4. The van der Waals surface area contributed by atoms with E-state index in [-0.39, 0.29) is 29.4 Å². The van der Waals surface area contributed by atoms with Crippen molar-refractivity contribution in [2.45, 2.75) is 38.5 Å². The average molecular weight is 450 g/mol. The first kappa shape index (κ1) is 21.0. The molecule has 4 heteroatoms. The Morgan fingerprint density at radius 1 is 0.735 bits per heavy atom. The second kappa shape index (κ2) is 7.76. The maximum absolute atomic E-state index is 13.8. The van der Waals surface area contributed by atoms with E-state index >= 15 is 0 Å². The molecule has 34 heavy (non-hydrogen) atoms. The molecular weight excluding hydrogens is 422 g/mol. The summed E-state index contributed by atoms with van der Waals surface area (Å²) in [6.07, 6.45) is 1.35. The fraction of sp³-hybridized carbons (Fsp3) is 0.300. The number of amides is 2. The third kappa shape index (κ3) is 2.94. The predicted molar refractivity (Wildman–Crippen MR) is 131 cm³/mol. The Bertz CT molecular complexity index is 1210. The second-order valence-corrected chi connectivity index (χ2v) is 10.2. The van der Waals surface area contributed by atoms with Crippen LogP contribution in [-0.2, 0) is 9.59 Å². The molecule has 3 aromatic rings. The molecule has 1 fully saturated rings. The van der Waals surface area contributed by atoms with Crippen molar-refractivity contribution in [1.29, 1.82) is 0 Å². The molecule has 2 bridgehead atoms. The molecule has 3 aliphatic carbocycles. The summed E-state index contributed by atoms with van der Waals surface area (Å²) in [4.78, 5) is 41.5. The van der Waals surface area contributed by atoms with Gasteiger partial charge in [0.25, 0.3) is 0 Å². The zero-order chi connectivity index (χ0) is 23.6. The van der Waals surface area contributed by atoms with Gasteiger partial charge < -0.3 is 0 Å². The van der Waals surface area contributed by atoms with Crippen LogP contribution in [0.5, 0.6) is 0 Å². The van der Waals surface area contributed by atoms with Gasteiger partial charge in [-0.15, -0.1) is 0 Å². The maximum atomic E-state index is 13.8. The lowest BCUT2D eigenvalue weighted by Gasteiger charge is -2.45. The summed E-state index contributed by atoms with van der Waals surface area (Å²) in [5, 5.41) is 0. The number of hydrogen-bond donors (Lipinski definition) is 0. The normalized spacial score (nSPS) is 24.3. The smallest absolute Gasteiger partial charge is 0.238 e. The van der Waals surface area contributed by atoms with Gasteiger partial charge in [0.1, 0.15) is 0 Å². The Morgan fingerprint density at radius 2 is 1.18 bits per heavy atom. The van der Waals surface area contributed by atoms with Gasteiger partial charge in [-0.2, -0.15) is 0 Å². The van der Waals surface area contributed by atoms with Gasteiger partial charge in [-0.3, -0.25) is 14.4 Å². The number of nitrogens with zero attached hydrogens (tertiary/aromatic N) is 1. The van der Waals surface area contributed by atoms with Gasteiger partial charge in [0.05, 0.1) is 17.5 Å². The number of anilines is 1. The van der Waals surface area contributed by atoms with Crippen molar-refractivity contribution in [1.82, 2.24) is 0 Å². The van der Waals surface area contributed by atoms with E-state index in [1.807, 2.05) is 24.3 Å². The highest BCUT2D eigenvalue weighted by atomic mass is 16.2. The van der Waals surface area contributed by atoms with Crippen molar-refractivity contribution in [2.24, 2.45) is 17.8 Å². The number of carbonyl (C=O) groups is 3. The minimum atomic E-state index is -0.394. The Hall–Kier alpha value is -3.53. The fourth-order valence-electron chi connectivity index (χ4n) is 6.29. The van der Waals surface area contributed by atoms with Crippen LogP contribution in [0.2, 0.25) is 0 Å². The van der Waals surface area contributed by atoms with Crippen molar-refractivity contribution in [3.05, 3.63) is 101 Å². The largest absolute Gasteiger partial charge is 0.294 e. The minimum absolute atomic E-state index is 0.0944. The molecule has 0 saturated carbocycles. The number of ketones is 1. The Balaban J connectivity index is 1.37. The Labute approximate surface area is 199 Å². The van der Waals surface area contributed by atoms with Crippen molar-refractivity contribution in [2.75, 3.05) is 4.90 Å². The molecular formula is C30H27NO3. The van der Waals surface area contributed by atoms with Gasteiger partial charge in [0.15, 0.2) is 5.78 Å². The highest BCUT2D eigenvalue weighted by molar-refractivity contribution is 6.23. The monoisotopic (exact) mass is 449 g/mol. The van der Waals surface area contributed by atoms with Crippen LogP contribution >= 0.6 is 0 Å². The quantitative estimate of drug-likeness (QED) is 0.371.